The number of carbonyl (C=O) groups is 3. The maximum Gasteiger partial charge on any atom is 0.343 e. The van der Waals surface area contributed by atoms with Gasteiger partial charge in [0.05, 0.1) is 5.69 Å². The first-order valence-electron chi connectivity index (χ1n) is 7.45. The predicted octanol–water partition coefficient (Wildman–Crippen LogP) is 1.17. The number of amides is 4. The second-order valence-corrected chi connectivity index (χ2v) is 5.36. The average molecular weight is 328 g/mol. The molecule has 124 valence electrons. The first kappa shape index (κ1) is 15.7. The van der Waals surface area contributed by atoms with E-state index < -0.39 is 17.8 Å². The molecule has 0 spiro atoms. The van der Waals surface area contributed by atoms with E-state index in [1.54, 1.807) is 0 Å². The first-order valence-corrected chi connectivity index (χ1v) is 7.45. The molecule has 0 radical (unpaired) electrons. The number of nitrogens with zero attached hydrogens (tertiary/aromatic N) is 2. The van der Waals surface area contributed by atoms with Crippen LogP contribution in [0.1, 0.15) is 18.0 Å². The van der Waals surface area contributed by atoms with Crippen LogP contribution in [-0.2, 0) is 16.0 Å². The third-order valence-electron chi connectivity index (χ3n) is 3.50. The van der Waals surface area contributed by atoms with Crippen LogP contribution in [0.15, 0.2) is 34.7 Å². The number of hydrazine groups is 1. The van der Waals surface area contributed by atoms with Crippen LogP contribution in [0.3, 0.4) is 0 Å². The maximum atomic E-state index is 11.9. The van der Waals surface area contributed by atoms with Crippen LogP contribution < -0.4 is 10.7 Å². The van der Waals surface area contributed by atoms with Crippen LogP contribution in [0.25, 0.3) is 11.3 Å². The molecular weight excluding hydrogens is 312 g/mol. The second-order valence-electron chi connectivity index (χ2n) is 5.36. The SMILES string of the molecule is Cc1nc(CCC(=O)NN2CC(=O)NC2=O)oc1-c1ccccc1. The van der Waals surface area contributed by atoms with E-state index in [9.17, 15) is 14.4 Å². The fourth-order valence-electron chi connectivity index (χ4n) is 2.38. The van der Waals surface area contributed by atoms with Crippen molar-refractivity contribution in [2.45, 2.75) is 19.8 Å². The lowest BCUT2D eigenvalue weighted by atomic mass is 10.1. The highest BCUT2D eigenvalue weighted by atomic mass is 16.4. The number of aryl methyl sites for hydroxylation is 2. The Labute approximate surface area is 137 Å². The van der Waals surface area contributed by atoms with Crippen LogP contribution in [0.4, 0.5) is 4.79 Å². The van der Waals surface area contributed by atoms with Crippen molar-refractivity contribution in [1.29, 1.82) is 0 Å². The van der Waals surface area contributed by atoms with Crippen molar-refractivity contribution in [2.24, 2.45) is 0 Å². The molecule has 0 aliphatic carbocycles. The summed E-state index contributed by atoms with van der Waals surface area (Å²) in [5.74, 6) is 0.284. The Morgan fingerprint density at radius 3 is 2.75 bits per heavy atom. The smallest absolute Gasteiger partial charge is 0.343 e. The summed E-state index contributed by atoms with van der Waals surface area (Å²) in [4.78, 5) is 38.6. The molecule has 0 bridgehead atoms. The zero-order valence-corrected chi connectivity index (χ0v) is 13.0. The Morgan fingerprint density at radius 1 is 1.33 bits per heavy atom. The summed E-state index contributed by atoms with van der Waals surface area (Å²) < 4.78 is 5.72. The minimum Gasteiger partial charge on any atom is -0.440 e. The minimum absolute atomic E-state index is 0.0894. The lowest BCUT2D eigenvalue weighted by Crippen LogP contribution is -2.44. The van der Waals surface area contributed by atoms with Crippen LogP contribution in [-0.4, -0.2) is 34.4 Å². The van der Waals surface area contributed by atoms with E-state index in [1.807, 2.05) is 37.3 Å². The lowest BCUT2D eigenvalue weighted by molar-refractivity contribution is -0.125. The van der Waals surface area contributed by atoms with Crippen LogP contribution in [0, 0.1) is 6.92 Å². The van der Waals surface area contributed by atoms with E-state index in [1.165, 1.54) is 0 Å². The molecule has 2 heterocycles. The van der Waals surface area contributed by atoms with Gasteiger partial charge in [0, 0.05) is 18.4 Å². The fourth-order valence-corrected chi connectivity index (χ4v) is 2.38. The van der Waals surface area contributed by atoms with Crippen LogP contribution in [0.5, 0.6) is 0 Å². The van der Waals surface area contributed by atoms with Gasteiger partial charge < -0.3 is 4.42 Å². The first-order chi connectivity index (χ1) is 11.5. The van der Waals surface area contributed by atoms with E-state index in [0.717, 1.165) is 16.3 Å². The van der Waals surface area contributed by atoms with Crippen molar-refractivity contribution in [3.05, 3.63) is 41.9 Å². The van der Waals surface area contributed by atoms with E-state index in [2.05, 4.69) is 15.7 Å². The number of urea groups is 1. The molecule has 4 amide bonds. The van der Waals surface area contributed by atoms with Gasteiger partial charge in [-0.2, -0.15) is 0 Å². The zero-order valence-electron chi connectivity index (χ0n) is 13.0. The van der Waals surface area contributed by atoms with E-state index in [-0.39, 0.29) is 13.0 Å². The van der Waals surface area contributed by atoms with Crippen molar-refractivity contribution < 1.29 is 18.8 Å². The quantitative estimate of drug-likeness (QED) is 0.802. The summed E-state index contributed by atoms with van der Waals surface area (Å²) >= 11 is 0. The van der Waals surface area contributed by atoms with Gasteiger partial charge in [0.15, 0.2) is 11.7 Å². The van der Waals surface area contributed by atoms with Gasteiger partial charge in [-0.25, -0.2) is 14.8 Å². The van der Waals surface area contributed by atoms with Crippen molar-refractivity contribution in [3.63, 3.8) is 0 Å². The topological polar surface area (TPSA) is 105 Å². The normalized spacial score (nSPS) is 14.0. The molecule has 1 aromatic heterocycles. The molecule has 8 nitrogen and oxygen atoms in total. The molecule has 1 fully saturated rings. The maximum absolute atomic E-state index is 11.9. The number of benzene rings is 1. The molecule has 1 aliphatic heterocycles. The third kappa shape index (κ3) is 3.43. The molecular formula is C16H16N4O4. The highest BCUT2D eigenvalue weighted by Gasteiger charge is 2.28. The summed E-state index contributed by atoms with van der Waals surface area (Å²) in [5.41, 5.74) is 4.05. The summed E-state index contributed by atoms with van der Waals surface area (Å²) in [6.07, 6.45) is 0.384. The molecule has 0 atom stereocenters. The Kier molecular flexibility index (Phi) is 4.28. The van der Waals surface area contributed by atoms with Crippen molar-refractivity contribution in [1.82, 2.24) is 20.7 Å². The van der Waals surface area contributed by atoms with Gasteiger partial charge in [0.2, 0.25) is 11.8 Å². The number of nitrogens with one attached hydrogen (secondary N) is 2. The molecule has 0 saturated carbocycles. The van der Waals surface area contributed by atoms with Crippen molar-refractivity contribution in [2.75, 3.05) is 6.54 Å². The molecule has 8 heteroatoms. The molecule has 2 N–H and O–H groups in total. The summed E-state index contributed by atoms with van der Waals surface area (Å²) in [5, 5.41) is 3.02. The average Bonchev–Trinajstić information content (AvgIpc) is 3.08. The summed E-state index contributed by atoms with van der Waals surface area (Å²) in [6, 6.07) is 8.95. The van der Waals surface area contributed by atoms with Gasteiger partial charge in [0.25, 0.3) is 0 Å². The predicted molar refractivity (Wildman–Crippen MR) is 83.4 cm³/mol. The van der Waals surface area contributed by atoms with Gasteiger partial charge in [-0.1, -0.05) is 30.3 Å². The largest absolute Gasteiger partial charge is 0.440 e. The monoisotopic (exact) mass is 328 g/mol. The Bertz CT molecular complexity index is 785. The molecule has 1 saturated heterocycles. The van der Waals surface area contributed by atoms with Gasteiger partial charge >= 0.3 is 6.03 Å². The van der Waals surface area contributed by atoms with Gasteiger partial charge in [-0.15, -0.1) is 0 Å². The number of oxazole rings is 1. The molecule has 1 aromatic carbocycles. The number of hydrogen-bond donors (Lipinski definition) is 2. The Balaban J connectivity index is 1.58. The van der Waals surface area contributed by atoms with E-state index in [4.69, 9.17) is 4.42 Å². The van der Waals surface area contributed by atoms with Crippen molar-refractivity contribution in [3.8, 4) is 11.3 Å². The second kappa shape index (κ2) is 6.53. The lowest BCUT2D eigenvalue weighted by Gasteiger charge is -2.13. The van der Waals surface area contributed by atoms with Gasteiger partial charge in [-0.05, 0) is 6.92 Å². The third-order valence-corrected chi connectivity index (χ3v) is 3.50. The minimum atomic E-state index is -0.633. The molecule has 1 aliphatic rings. The standard InChI is InChI=1S/C16H16N4O4/c1-10-15(11-5-3-2-4-6-11)24-14(17-10)8-7-12(21)19-20-9-13(22)18-16(20)23/h2-6H,7-9H2,1H3,(H,19,21)(H,18,22,23). The molecule has 2 aromatic rings. The number of carbonyl (C=O) groups excluding carboxylic acids is 3. The zero-order chi connectivity index (χ0) is 17.1. The van der Waals surface area contributed by atoms with Gasteiger partial charge in [0.1, 0.15) is 6.54 Å². The number of imide groups is 1. The van der Waals surface area contributed by atoms with E-state index >= 15 is 0 Å². The number of hydrogen-bond acceptors (Lipinski definition) is 5. The highest BCUT2D eigenvalue weighted by molar-refractivity contribution is 6.02. The van der Waals surface area contributed by atoms with Gasteiger partial charge in [-0.3, -0.25) is 20.3 Å². The van der Waals surface area contributed by atoms with Crippen molar-refractivity contribution >= 4 is 17.8 Å². The Morgan fingerprint density at radius 2 is 2.08 bits per heavy atom. The van der Waals surface area contributed by atoms with Crippen LogP contribution in [0.2, 0.25) is 0 Å². The molecule has 24 heavy (non-hydrogen) atoms. The van der Waals surface area contributed by atoms with Crippen LogP contribution >= 0.6 is 0 Å². The molecule has 3 rings (SSSR count). The summed E-state index contributed by atoms with van der Waals surface area (Å²) in [6.45, 7) is 1.66. The van der Waals surface area contributed by atoms with E-state index in [0.29, 0.717) is 18.1 Å². The molecule has 0 unspecified atom stereocenters. The Hall–Kier alpha value is -3.16. The highest BCUT2D eigenvalue weighted by Crippen LogP contribution is 2.24. The fraction of sp³-hybridized carbons (Fsp3) is 0.250. The number of aromatic nitrogens is 1. The number of rotatable bonds is 5. The summed E-state index contributed by atoms with van der Waals surface area (Å²) in [7, 11) is 0.